The lowest BCUT2D eigenvalue weighted by atomic mass is 10.2. The van der Waals surface area contributed by atoms with Crippen LogP contribution in [0.15, 0.2) is 22.7 Å². The number of aromatic nitrogens is 2. The van der Waals surface area contributed by atoms with Crippen LogP contribution in [0.5, 0.6) is 0 Å². The molecule has 1 atom stereocenters. The van der Waals surface area contributed by atoms with E-state index in [1.54, 1.807) is 0 Å². The predicted octanol–water partition coefficient (Wildman–Crippen LogP) is 4.89. The molecule has 0 aliphatic heterocycles. The van der Waals surface area contributed by atoms with Gasteiger partial charge in [-0.05, 0) is 43.6 Å². The molecule has 0 saturated carbocycles. The molecular weight excluding hydrogens is 344 g/mol. The topological polar surface area (TPSA) is 17.8 Å². The molecule has 0 radical (unpaired) electrons. The number of nitrogens with zero attached hydrogens (tertiary/aromatic N) is 2. The molecular formula is C14H18BrClN2S. The molecule has 0 fully saturated rings. The third kappa shape index (κ3) is 3.47. The summed E-state index contributed by atoms with van der Waals surface area (Å²) in [5, 5.41) is 0. The van der Waals surface area contributed by atoms with E-state index < -0.39 is 0 Å². The highest BCUT2D eigenvalue weighted by atomic mass is 79.9. The second-order valence-electron chi connectivity index (χ2n) is 4.60. The molecule has 0 aliphatic rings. The van der Waals surface area contributed by atoms with Crippen molar-refractivity contribution in [1.82, 2.24) is 9.55 Å². The lowest BCUT2D eigenvalue weighted by molar-refractivity contribution is 0.528. The SMILES string of the molecule is CSCCC(C)n1c(CCCl)nc2ccc(Br)cc21. The summed E-state index contributed by atoms with van der Waals surface area (Å²) in [7, 11) is 0. The third-order valence-corrected chi connectivity index (χ3v) is 4.55. The number of aryl methyl sites for hydroxylation is 1. The number of hydrogen-bond acceptors (Lipinski definition) is 2. The van der Waals surface area contributed by atoms with E-state index in [1.807, 2.05) is 17.8 Å². The van der Waals surface area contributed by atoms with Gasteiger partial charge in [0.2, 0.25) is 0 Å². The van der Waals surface area contributed by atoms with Crippen LogP contribution < -0.4 is 0 Å². The van der Waals surface area contributed by atoms with E-state index in [-0.39, 0.29) is 0 Å². The molecule has 5 heteroatoms. The number of fused-ring (bicyclic) bond motifs is 1. The molecule has 0 aliphatic carbocycles. The van der Waals surface area contributed by atoms with Crippen LogP contribution in [0, 0.1) is 0 Å². The Morgan fingerprint density at radius 1 is 1.47 bits per heavy atom. The van der Waals surface area contributed by atoms with E-state index in [0.29, 0.717) is 11.9 Å². The molecule has 1 aromatic carbocycles. The Bertz CT molecular complexity index is 556. The number of halogens is 2. The molecule has 0 N–H and O–H groups in total. The summed E-state index contributed by atoms with van der Waals surface area (Å²) < 4.78 is 3.44. The molecule has 19 heavy (non-hydrogen) atoms. The minimum absolute atomic E-state index is 0.449. The highest BCUT2D eigenvalue weighted by molar-refractivity contribution is 9.10. The van der Waals surface area contributed by atoms with Crippen molar-refractivity contribution in [3.05, 3.63) is 28.5 Å². The molecule has 1 aromatic heterocycles. The van der Waals surface area contributed by atoms with Crippen LogP contribution in [0.4, 0.5) is 0 Å². The standard InChI is InChI=1S/C14H18BrClN2S/c1-10(6-8-19-2)18-13-9-11(15)3-4-12(13)17-14(18)5-7-16/h3-4,9-10H,5-8H2,1-2H3. The zero-order valence-corrected chi connectivity index (χ0v) is 14.4. The second kappa shape index (κ2) is 7.00. The van der Waals surface area contributed by atoms with Gasteiger partial charge in [-0.2, -0.15) is 11.8 Å². The fourth-order valence-corrected chi connectivity index (χ4v) is 3.38. The molecule has 1 unspecified atom stereocenters. The fraction of sp³-hybridized carbons (Fsp3) is 0.500. The van der Waals surface area contributed by atoms with E-state index in [4.69, 9.17) is 16.6 Å². The van der Waals surface area contributed by atoms with Crippen molar-refractivity contribution >= 4 is 50.3 Å². The summed E-state index contributed by atoms with van der Waals surface area (Å²) in [5.74, 6) is 2.87. The van der Waals surface area contributed by atoms with Crippen LogP contribution >= 0.6 is 39.3 Å². The van der Waals surface area contributed by atoms with Crippen molar-refractivity contribution in [2.24, 2.45) is 0 Å². The van der Waals surface area contributed by atoms with Crippen molar-refractivity contribution in [3.8, 4) is 0 Å². The van der Waals surface area contributed by atoms with Crippen LogP contribution in [0.3, 0.4) is 0 Å². The maximum Gasteiger partial charge on any atom is 0.111 e. The summed E-state index contributed by atoms with van der Waals surface area (Å²) in [6.45, 7) is 2.26. The van der Waals surface area contributed by atoms with Gasteiger partial charge in [-0.3, -0.25) is 0 Å². The van der Waals surface area contributed by atoms with E-state index in [0.717, 1.165) is 34.4 Å². The summed E-state index contributed by atoms with van der Waals surface area (Å²) in [5.41, 5.74) is 2.25. The van der Waals surface area contributed by atoms with E-state index in [2.05, 4.69) is 45.8 Å². The molecule has 2 rings (SSSR count). The second-order valence-corrected chi connectivity index (χ2v) is 6.88. The quantitative estimate of drug-likeness (QED) is 0.681. The first-order valence-corrected chi connectivity index (χ1v) is 9.10. The van der Waals surface area contributed by atoms with Crippen molar-refractivity contribution in [2.45, 2.75) is 25.8 Å². The highest BCUT2D eigenvalue weighted by Crippen LogP contribution is 2.27. The predicted molar refractivity (Wildman–Crippen MR) is 89.6 cm³/mol. The molecule has 0 spiro atoms. The van der Waals surface area contributed by atoms with E-state index in [1.165, 1.54) is 5.52 Å². The Morgan fingerprint density at radius 3 is 2.95 bits per heavy atom. The molecule has 0 saturated heterocycles. The summed E-state index contributed by atoms with van der Waals surface area (Å²) in [6.07, 6.45) is 4.11. The lowest BCUT2D eigenvalue weighted by Crippen LogP contribution is -2.11. The van der Waals surface area contributed by atoms with E-state index in [9.17, 15) is 0 Å². The van der Waals surface area contributed by atoms with Crippen LogP contribution in [-0.2, 0) is 6.42 Å². The van der Waals surface area contributed by atoms with Gasteiger partial charge in [0.05, 0.1) is 11.0 Å². The van der Waals surface area contributed by atoms with Gasteiger partial charge in [0.15, 0.2) is 0 Å². The van der Waals surface area contributed by atoms with Gasteiger partial charge in [-0.25, -0.2) is 4.98 Å². The Hall–Kier alpha value is -0.190. The zero-order chi connectivity index (χ0) is 13.8. The van der Waals surface area contributed by atoms with Crippen molar-refractivity contribution in [3.63, 3.8) is 0 Å². The van der Waals surface area contributed by atoms with Crippen molar-refractivity contribution in [2.75, 3.05) is 17.9 Å². The Kier molecular flexibility index (Phi) is 5.60. The Morgan fingerprint density at radius 2 is 2.26 bits per heavy atom. The summed E-state index contributed by atoms with van der Waals surface area (Å²) in [6, 6.07) is 6.70. The first-order chi connectivity index (χ1) is 9.17. The van der Waals surface area contributed by atoms with Crippen molar-refractivity contribution in [1.29, 1.82) is 0 Å². The maximum absolute atomic E-state index is 5.91. The molecule has 2 aromatic rings. The van der Waals surface area contributed by atoms with Crippen LogP contribution in [0.1, 0.15) is 25.2 Å². The average molecular weight is 362 g/mol. The first kappa shape index (κ1) is 15.2. The van der Waals surface area contributed by atoms with Gasteiger partial charge in [0, 0.05) is 22.8 Å². The number of imidazole rings is 1. The fourth-order valence-electron chi connectivity index (χ4n) is 2.29. The monoisotopic (exact) mass is 360 g/mol. The van der Waals surface area contributed by atoms with Gasteiger partial charge in [0.25, 0.3) is 0 Å². The van der Waals surface area contributed by atoms with Gasteiger partial charge in [0.1, 0.15) is 5.82 Å². The number of hydrogen-bond donors (Lipinski definition) is 0. The molecule has 1 heterocycles. The Labute approximate surface area is 132 Å². The van der Waals surface area contributed by atoms with Crippen molar-refractivity contribution < 1.29 is 0 Å². The molecule has 0 amide bonds. The first-order valence-electron chi connectivity index (χ1n) is 6.38. The zero-order valence-electron chi connectivity index (χ0n) is 11.2. The van der Waals surface area contributed by atoms with Gasteiger partial charge < -0.3 is 4.57 Å². The molecule has 2 nitrogen and oxygen atoms in total. The van der Waals surface area contributed by atoms with Gasteiger partial charge >= 0.3 is 0 Å². The number of benzene rings is 1. The van der Waals surface area contributed by atoms with E-state index >= 15 is 0 Å². The van der Waals surface area contributed by atoms with Crippen LogP contribution in [0.25, 0.3) is 11.0 Å². The minimum atomic E-state index is 0.449. The minimum Gasteiger partial charge on any atom is -0.325 e. The van der Waals surface area contributed by atoms with Gasteiger partial charge in [-0.1, -0.05) is 15.9 Å². The average Bonchev–Trinajstić information content (AvgIpc) is 2.73. The highest BCUT2D eigenvalue weighted by Gasteiger charge is 2.15. The lowest BCUT2D eigenvalue weighted by Gasteiger charge is -2.17. The summed E-state index contributed by atoms with van der Waals surface area (Å²) >= 11 is 11.3. The normalized spacial score (nSPS) is 13.1. The smallest absolute Gasteiger partial charge is 0.111 e. The summed E-state index contributed by atoms with van der Waals surface area (Å²) in [4.78, 5) is 4.72. The third-order valence-electron chi connectivity index (χ3n) is 3.22. The number of alkyl halides is 1. The molecule has 104 valence electrons. The van der Waals surface area contributed by atoms with Crippen LogP contribution in [0.2, 0.25) is 0 Å². The number of thioether (sulfide) groups is 1. The largest absolute Gasteiger partial charge is 0.325 e. The molecule has 0 bridgehead atoms. The Balaban J connectivity index is 2.46. The number of rotatable bonds is 6. The van der Waals surface area contributed by atoms with Crippen LogP contribution in [-0.4, -0.2) is 27.4 Å². The maximum atomic E-state index is 5.91. The van der Waals surface area contributed by atoms with Gasteiger partial charge in [-0.15, -0.1) is 11.6 Å².